The highest BCUT2D eigenvalue weighted by Gasteiger charge is 2.45. The van der Waals surface area contributed by atoms with Crippen molar-refractivity contribution in [1.82, 2.24) is 9.80 Å². The molecule has 1 N–H and O–H groups in total. The number of amides is 1. The van der Waals surface area contributed by atoms with E-state index in [4.69, 9.17) is 0 Å². The molecule has 2 saturated heterocycles. The summed E-state index contributed by atoms with van der Waals surface area (Å²) >= 11 is 0. The van der Waals surface area contributed by atoms with Gasteiger partial charge in [-0.05, 0) is 86.5 Å². The third kappa shape index (κ3) is 4.99. The second-order valence-electron chi connectivity index (χ2n) is 10.1. The van der Waals surface area contributed by atoms with Gasteiger partial charge < -0.3 is 14.9 Å². The van der Waals surface area contributed by atoms with Gasteiger partial charge in [0.1, 0.15) is 11.2 Å². The number of carbonyl (C=O) groups excluding carboxylic acids is 1. The molecule has 0 aliphatic carbocycles. The topological polar surface area (TPSA) is 43.8 Å². The molecule has 4 nitrogen and oxygen atoms in total. The largest absolute Gasteiger partial charge is 0.508 e. The summed E-state index contributed by atoms with van der Waals surface area (Å²) in [6.07, 6.45) is 5.18. The number of phenols is 1. The van der Waals surface area contributed by atoms with Gasteiger partial charge in [-0.2, -0.15) is 0 Å². The molecule has 2 heterocycles. The first-order valence-electron chi connectivity index (χ1n) is 13.1. The maximum atomic E-state index is 14.3. The highest BCUT2D eigenvalue weighted by Crippen LogP contribution is 2.39. The Morgan fingerprint density at radius 2 is 1.31 bits per heavy atom. The van der Waals surface area contributed by atoms with Crippen LogP contribution in [0.1, 0.15) is 54.7 Å². The molecular weight excluding hydrogens is 432 g/mol. The molecule has 1 amide bonds. The average molecular weight is 469 g/mol. The number of hydrogen-bond donors (Lipinski definition) is 1. The fourth-order valence-corrected chi connectivity index (χ4v) is 6.01. The number of hydrogen-bond acceptors (Lipinski definition) is 3. The van der Waals surface area contributed by atoms with E-state index < -0.39 is 5.41 Å². The number of likely N-dealkylation sites (tertiary alicyclic amines) is 2. The highest BCUT2D eigenvalue weighted by molar-refractivity contribution is 5.92. The lowest BCUT2D eigenvalue weighted by molar-refractivity contribution is -0.135. The molecule has 35 heavy (non-hydrogen) atoms. The lowest BCUT2D eigenvalue weighted by atomic mass is 9.70. The molecule has 5 rings (SSSR count). The minimum Gasteiger partial charge on any atom is -0.508 e. The average Bonchev–Trinajstić information content (AvgIpc) is 3.46. The van der Waals surface area contributed by atoms with Crippen molar-refractivity contribution in [3.63, 3.8) is 0 Å². The second-order valence-corrected chi connectivity index (χ2v) is 10.1. The van der Waals surface area contributed by atoms with E-state index in [0.29, 0.717) is 11.7 Å². The highest BCUT2D eigenvalue weighted by atomic mass is 16.3. The summed E-state index contributed by atoms with van der Waals surface area (Å²) in [5, 5.41) is 9.62. The van der Waals surface area contributed by atoms with Gasteiger partial charge in [0.25, 0.3) is 0 Å². The lowest BCUT2D eigenvalue weighted by Crippen LogP contribution is -2.49. The van der Waals surface area contributed by atoms with Crippen molar-refractivity contribution in [3.8, 4) is 5.75 Å². The predicted molar refractivity (Wildman–Crippen MR) is 141 cm³/mol. The number of aromatic hydroxyl groups is 1. The quantitative estimate of drug-likeness (QED) is 0.493. The van der Waals surface area contributed by atoms with Crippen LogP contribution in [0.15, 0.2) is 84.9 Å². The minimum absolute atomic E-state index is 0.256. The van der Waals surface area contributed by atoms with Crippen molar-refractivity contribution < 1.29 is 9.90 Å². The Labute approximate surface area is 209 Å². The Balaban J connectivity index is 1.38. The van der Waals surface area contributed by atoms with Gasteiger partial charge in [-0.25, -0.2) is 0 Å². The molecule has 3 aromatic rings. The summed E-state index contributed by atoms with van der Waals surface area (Å²) in [5.74, 6) is 1.12. The summed E-state index contributed by atoms with van der Waals surface area (Å²) in [4.78, 5) is 18.9. The Morgan fingerprint density at radius 3 is 1.86 bits per heavy atom. The fourth-order valence-electron chi connectivity index (χ4n) is 6.01. The third-order valence-electron chi connectivity index (χ3n) is 8.05. The molecule has 4 heteroatoms. The lowest BCUT2D eigenvalue weighted by Gasteiger charge is -2.40. The van der Waals surface area contributed by atoms with E-state index in [1.807, 2.05) is 12.1 Å². The number of carbonyl (C=O) groups is 1. The van der Waals surface area contributed by atoms with Crippen LogP contribution in [0.25, 0.3) is 0 Å². The number of phenolic OH excluding ortho intramolecular Hbond substituents is 1. The maximum absolute atomic E-state index is 14.3. The van der Waals surface area contributed by atoms with Gasteiger partial charge in [0.2, 0.25) is 5.91 Å². The molecule has 0 aromatic heterocycles. The van der Waals surface area contributed by atoms with Crippen molar-refractivity contribution in [2.24, 2.45) is 0 Å². The first-order valence-corrected chi connectivity index (χ1v) is 13.1. The minimum atomic E-state index is -0.666. The van der Waals surface area contributed by atoms with Gasteiger partial charge in [0, 0.05) is 13.1 Å². The van der Waals surface area contributed by atoms with Crippen molar-refractivity contribution in [2.75, 3.05) is 32.7 Å². The van der Waals surface area contributed by atoms with Crippen molar-refractivity contribution >= 4 is 5.91 Å². The van der Waals surface area contributed by atoms with Crippen LogP contribution in [-0.2, 0) is 10.2 Å². The van der Waals surface area contributed by atoms with E-state index in [2.05, 4.69) is 70.5 Å². The van der Waals surface area contributed by atoms with Crippen molar-refractivity contribution in [3.05, 3.63) is 102 Å². The van der Waals surface area contributed by atoms with Crippen LogP contribution in [0.4, 0.5) is 0 Å². The van der Waals surface area contributed by atoms with Crippen molar-refractivity contribution in [1.29, 1.82) is 0 Å². The molecule has 0 atom stereocenters. The molecule has 0 unspecified atom stereocenters. The summed E-state index contributed by atoms with van der Waals surface area (Å²) in [6, 6.07) is 28.6. The Bertz CT molecular complexity index is 1040. The molecule has 2 aliphatic heterocycles. The van der Waals surface area contributed by atoms with Gasteiger partial charge in [-0.15, -0.1) is 0 Å². The zero-order chi connectivity index (χ0) is 24.1. The Kier molecular flexibility index (Phi) is 7.19. The summed E-state index contributed by atoms with van der Waals surface area (Å²) < 4.78 is 0. The zero-order valence-corrected chi connectivity index (χ0v) is 20.5. The van der Waals surface area contributed by atoms with E-state index in [0.717, 1.165) is 76.0 Å². The molecule has 3 aromatic carbocycles. The van der Waals surface area contributed by atoms with Crippen LogP contribution in [0, 0.1) is 0 Å². The van der Waals surface area contributed by atoms with Crippen LogP contribution >= 0.6 is 0 Å². The molecule has 2 fully saturated rings. The number of nitrogens with zero attached hydrogens (tertiary/aromatic N) is 2. The standard InChI is InChI=1S/C31H36N2O2/c34-29-15-13-25(14-16-29)26-17-22-32(23-18-26)24-19-31(27-9-3-1-4-10-27,28-11-5-2-6-12-28)30(35)33-20-7-8-21-33/h1-6,9-16,26,34H,7-8,17-24H2. The van der Waals surface area contributed by atoms with Gasteiger partial charge in [0.15, 0.2) is 0 Å². The van der Waals surface area contributed by atoms with E-state index in [1.54, 1.807) is 12.1 Å². The van der Waals surface area contributed by atoms with Crippen LogP contribution < -0.4 is 0 Å². The maximum Gasteiger partial charge on any atom is 0.237 e. The molecule has 0 spiro atoms. The van der Waals surface area contributed by atoms with Gasteiger partial charge in [0.05, 0.1) is 0 Å². The summed E-state index contributed by atoms with van der Waals surface area (Å²) in [5.41, 5.74) is 2.85. The predicted octanol–water partition coefficient (Wildman–Crippen LogP) is 5.57. The third-order valence-corrected chi connectivity index (χ3v) is 8.05. The zero-order valence-electron chi connectivity index (χ0n) is 20.5. The molecule has 0 bridgehead atoms. The van der Waals surface area contributed by atoms with Crippen molar-refractivity contribution in [2.45, 2.75) is 43.4 Å². The summed E-state index contributed by atoms with van der Waals surface area (Å²) in [6.45, 7) is 4.68. The monoisotopic (exact) mass is 468 g/mol. The van der Waals surface area contributed by atoms with Crippen LogP contribution in [0.5, 0.6) is 5.75 Å². The molecular formula is C31H36N2O2. The smallest absolute Gasteiger partial charge is 0.237 e. The molecule has 0 radical (unpaired) electrons. The van der Waals surface area contributed by atoms with E-state index in [-0.39, 0.29) is 5.91 Å². The van der Waals surface area contributed by atoms with Gasteiger partial charge >= 0.3 is 0 Å². The summed E-state index contributed by atoms with van der Waals surface area (Å²) in [7, 11) is 0. The molecule has 182 valence electrons. The SMILES string of the molecule is O=C(N1CCCC1)C(CCN1CCC(c2ccc(O)cc2)CC1)(c1ccccc1)c1ccccc1. The Morgan fingerprint density at radius 1 is 0.771 bits per heavy atom. The Hall–Kier alpha value is -3.11. The van der Waals surface area contributed by atoms with Crippen LogP contribution in [-0.4, -0.2) is 53.5 Å². The van der Waals surface area contributed by atoms with E-state index >= 15 is 0 Å². The number of benzene rings is 3. The molecule has 0 saturated carbocycles. The van der Waals surface area contributed by atoms with Crippen LogP contribution in [0.3, 0.4) is 0 Å². The first kappa shape index (κ1) is 23.6. The number of rotatable bonds is 7. The second kappa shape index (κ2) is 10.7. The number of piperidine rings is 1. The van der Waals surface area contributed by atoms with Gasteiger partial charge in [-0.3, -0.25) is 4.79 Å². The fraction of sp³-hybridized carbons (Fsp3) is 0.387. The van der Waals surface area contributed by atoms with E-state index in [9.17, 15) is 9.90 Å². The van der Waals surface area contributed by atoms with Gasteiger partial charge in [-0.1, -0.05) is 72.8 Å². The molecule has 2 aliphatic rings. The van der Waals surface area contributed by atoms with Crippen LogP contribution in [0.2, 0.25) is 0 Å². The first-order chi connectivity index (χ1) is 17.2. The normalized spacial score (nSPS) is 17.5. The van der Waals surface area contributed by atoms with E-state index in [1.165, 1.54) is 5.56 Å².